The van der Waals surface area contributed by atoms with Crippen molar-refractivity contribution in [3.05, 3.63) is 33.1 Å². The first-order chi connectivity index (χ1) is 12.9. The van der Waals surface area contributed by atoms with E-state index in [1.165, 1.54) is 11.8 Å². The average Bonchev–Trinajstić information content (AvgIpc) is 2.94. The first-order valence-corrected chi connectivity index (χ1v) is 11.4. The highest BCUT2D eigenvalue weighted by atomic mass is 32.2. The number of aryl methyl sites for hydroxylation is 1. The minimum atomic E-state index is -3.72. The molecule has 0 bridgehead atoms. The van der Waals surface area contributed by atoms with Gasteiger partial charge in [-0.3, -0.25) is 9.36 Å². The molecule has 2 atom stereocenters. The summed E-state index contributed by atoms with van der Waals surface area (Å²) in [6, 6.07) is 0. The van der Waals surface area contributed by atoms with Gasteiger partial charge >= 0.3 is 13.6 Å². The van der Waals surface area contributed by atoms with Crippen LogP contribution in [-0.2, 0) is 35.4 Å². The second-order valence-electron chi connectivity index (χ2n) is 5.67. The van der Waals surface area contributed by atoms with Crippen molar-refractivity contribution in [3.8, 4) is 0 Å². The number of furan rings is 1. The molecule has 0 spiro atoms. The highest BCUT2D eigenvalue weighted by Gasteiger charge is 2.51. The third-order valence-electron chi connectivity index (χ3n) is 4.07. The summed E-state index contributed by atoms with van der Waals surface area (Å²) in [5, 5.41) is 2.85. The van der Waals surface area contributed by atoms with Crippen molar-refractivity contribution in [1.29, 1.82) is 0 Å². The lowest BCUT2D eigenvalue weighted by molar-refractivity contribution is -0.142. The van der Waals surface area contributed by atoms with Crippen LogP contribution in [0.25, 0.3) is 10.4 Å². The SMILES string of the molecule is CCOC(=O)C1SCc2oc(C)c(CN=[N+]=[N-])c2C1P(=O)(OCC)OCC. The molecule has 11 heteroatoms. The molecule has 2 rings (SSSR count). The molecule has 0 aliphatic carbocycles. The summed E-state index contributed by atoms with van der Waals surface area (Å²) in [6.45, 7) is 7.43. The second-order valence-corrected chi connectivity index (χ2v) is 8.95. The van der Waals surface area contributed by atoms with Crippen LogP contribution in [0.5, 0.6) is 0 Å². The number of hydrogen-bond acceptors (Lipinski definition) is 8. The fourth-order valence-corrected chi connectivity index (χ4v) is 7.08. The van der Waals surface area contributed by atoms with Gasteiger partial charge in [0.2, 0.25) is 0 Å². The number of rotatable bonds is 9. The van der Waals surface area contributed by atoms with E-state index in [9.17, 15) is 9.36 Å². The molecule has 9 nitrogen and oxygen atoms in total. The Bertz CT molecular complexity index is 766. The van der Waals surface area contributed by atoms with Crippen LogP contribution in [0.4, 0.5) is 0 Å². The fraction of sp³-hybridized carbons (Fsp3) is 0.688. The van der Waals surface area contributed by atoms with Crippen LogP contribution < -0.4 is 0 Å². The molecule has 0 saturated heterocycles. The number of esters is 1. The van der Waals surface area contributed by atoms with Crippen LogP contribution >= 0.6 is 19.4 Å². The van der Waals surface area contributed by atoms with E-state index in [4.69, 9.17) is 23.7 Å². The van der Waals surface area contributed by atoms with E-state index < -0.39 is 24.5 Å². The summed E-state index contributed by atoms with van der Waals surface area (Å²) in [5.41, 5.74) is 9.00. The molecular weight excluding hydrogens is 393 g/mol. The van der Waals surface area contributed by atoms with Gasteiger partial charge in [-0.05, 0) is 33.2 Å². The van der Waals surface area contributed by atoms with Crippen molar-refractivity contribution in [2.75, 3.05) is 19.8 Å². The van der Waals surface area contributed by atoms with E-state index in [1.54, 1.807) is 27.7 Å². The Labute approximate surface area is 162 Å². The van der Waals surface area contributed by atoms with Gasteiger partial charge in [-0.2, -0.15) is 0 Å². The van der Waals surface area contributed by atoms with Crippen LogP contribution in [0.15, 0.2) is 9.53 Å². The largest absolute Gasteiger partial charge is 0.465 e. The standard InChI is InChI=1S/C16H24N3O6PS/c1-5-22-16(20)15-14(26(21,23-6-2)24-7-3)13-11(8-18-19-17)10(4)25-12(13)9-27-15/h14-15H,5-9H2,1-4H3. The quantitative estimate of drug-likeness (QED) is 0.184. The van der Waals surface area contributed by atoms with Crippen LogP contribution in [-0.4, -0.2) is 31.0 Å². The van der Waals surface area contributed by atoms with Gasteiger partial charge < -0.3 is 18.2 Å². The number of hydrogen-bond donors (Lipinski definition) is 0. The summed E-state index contributed by atoms with van der Waals surface area (Å²) in [5.74, 6) is 1.07. The second kappa shape index (κ2) is 9.66. The predicted octanol–water partition coefficient (Wildman–Crippen LogP) is 4.88. The van der Waals surface area contributed by atoms with E-state index in [-0.39, 0.29) is 26.4 Å². The first-order valence-electron chi connectivity index (χ1n) is 8.72. The van der Waals surface area contributed by atoms with Crippen LogP contribution in [0.1, 0.15) is 49.1 Å². The molecule has 2 unspecified atom stereocenters. The van der Waals surface area contributed by atoms with Gasteiger partial charge in [0.15, 0.2) is 0 Å². The number of thioether (sulfide) groups is 1. The highest BCUT2D eigenvalue weighted by molar-refractivity contribution is 8.00. The molecule has 2 heterocycles. The molecule has 0 fully saturated rings. The minimum Gasteiger partial charge on any atom is -0.465 e. The molecule has 0 aromatic carbocycles. The Morgan fingerprint density at radius 3 is 2.56 bits per heavy atom. The number of ether oxygens (including phenoxy) is 1. The van der Waals surface area contributed by atoms with E-state index in [0.717, 1.165) is 0 Å². The smallest absolute Gasteiger partial charge is 0.339 e. The monoisotopic (exact) mass is 417 g/mol. The van der Waals surface area contributed by atoms with E-state index >= 15 is 0 Å². The maximum absolute atomic E-state index is 13.7. The fourth-order valence-electron chi connectivity index (χ4n) is 3.12. The Balaban J connectivity index is 2.65. The molecule has 1 aliphatic rings. The lowest BCUT2D eigenvalue weighted by atomic mass is 10.0. The summed E-state index contributed by atoms with van der Waals surface area (Å²) >= 11 is 1.28. The highest BCUT2D eigenvalue weighted by Crippen LogP contribution is 2.67. The molecule has 1 aliphatic heterocycles. The third-order valence-corrected chi connectivity index (χ3v) is 8.00. The van der Waals surface area contributed by atoms with Gasteiger partial charge in [0.05, 0.1) is 32.1 Å². The minimum absolute atomic E-state index is 0.0239. The molecular formula is C16H24N3O6PS. The normalized spacial score (nSPS) is 19.3. The summed E-state index contributed by atoms with van der Waals surface area (Å²) in [7, 11) is -3.72. The predicted molar refractivity (Wildman–Crippen MR) is 102 cm³/mol. The molecule has 1 aromatic heterocycles. The molecule has 150 valence electrons. The van der Waals surface area contributed by atoms with E-state index in [2.05, 4.69) is 10.0 Å². The average molecular weight is 417 g/mol. The van der Waals surface area contributed by atoms with Crippen LogP contribution in [0.2, 0.25) is 0 Å². The zero-order valence-corrected chi connectivity index (χ0v) is 17.5. The van der Waals surface area contributed by atoms with Crippen molar-refractivity contribution in [2.24, 2.45) is 5.11 Å². The number of carbonyl (C=O) groups excluding carboxylic acids is 1. The lowest BCUT2D eigenvalue weighted by Gasteiger charge is -2.34. The number of azide groups is 1. The van der Waals surface area contributed by atoms with Crippen molar-refractivity contribution >= 4 is 25.3 Å². The Hall–Kier alpha value is -1.44. The third kappa shape index (κ3) is 4.52. The van der Waals surface area contributed by atoms with E-state index in [1.807, 2.05) is 0 Å². The zero-order chi connectivity index (χ0) is 20.0. The number of nitrogens with zero attached hydrogens (tertiary/aromatic N) is 3. The van der Waals surface area contributed by atoms with Crippen molar-refractivity contribution in [3.63, 3.8) is 0 Å². The van der Waals surface area contributed by atoms with Gasteiger partial charge in [-0.1, -0.05) is 5.11 Å². The maximum atomic E-state index is 13.7. The van der Waals surface area contributed by atoms with Crippen molar-refractivity contribution in [2.45, 2.75) is 50.9 Å². The summed E-state index contributed by atoms with van der Waals surface area (Å²) in [4.78, 5) is 15.4. The van der Waals surface area contributed by atoms with Gasteiger partial charge in [-0.15, -0.1) is 11.8 Å². The number of carbonyl (C=O) groups is 1. The lowest BCUT2D eigenvalue weighted by Crippen LogP contribution is -2.32. The van der Waals surface area contributed by atoms with Crippen LogP contribution in [0.3, 0.4) is 0 Å². The molecule has 0 radical (unpaired) electrons. The molecule has 0 saturated carbocycles. The first kappa shape index (κ1) is 21.9. The Morgan fingerprint density at radius 1 is 1.33 bits per heavy atom. The van der Waals surface area contributed by atoms with Gasteiger partial charge in [-0.25, -0.2) is 0 Å². The molecule has 0 N–H and O–H groups in total. The molecule has 1 aromatic rings. The molecule has 27 heavy (non-hydrogen) atoms. The van der Waals surface area contributed by atoms with Gasteiger partial charge in [0.1, 0.15) is 22.4 Å². The van der Waals surface area contributed by atoms with Gasteiger partial charge in [0, 0.05) is 16.0 Å². The molecule has 0 amide bonds. The Kier molecular flexibility index (Phi) is 7.82. The van der Waals surface area contributed by atoms with Gasteiger partial charge in [0.25, 0.3) is 0 Å². The summed E-state index contributed by atoms with van der Waals surface area (Å²) in [6.07, 6.45) is 0. The number of fused-ring (bicyclic) bond motifs is 1. The zero-order valence-electron chi connectivity index (χ0n) is 15.8. The van der Waals surface area contributed by atoms with Crippen molar-refractivity contribution in [1.82, 2.24) is 0 Å². The topological polar surface area (TPSA) is 124 Å². The van der Waals surface area contributed by atoms with Crippen LogP contribution in [0, 0.1) is 6.92 Å². The maximum Gasteiger partial charge on any atom is 0.339 e. The van der Waals surface area contributed by atoms with Crippen molar-refractivity contribution < 1.29 is 27.6 Å². The Morgan fingerprint density at radius 2 is 2.00 bits per heavy atom. The summed E-state index contributed by atoms with van der Waals surface area (Å²) < 4.78 is 35.8. The van der Waals surface area contributed by atoms with E-state index in [0.29, 0.717) is 28.4 Å².